The summed E-state index contributed by atoms with van der Waals surface area (Å²) in [6, 6.07) is 0. The second kappa shape index (κ2) is 5.00. The smallest absolute Gasteiger partial charge is 0.212 e. The molecule has 2 heteroatoms. The number of carbonyl (C=O) groups is 1. The molecule has 5 atom stereocenters. The second-order valence-corrected chi connectivity index (χ2v) is 9.16. The maximum absolute atomic E-state index is 11.6. The molecule has 0 saturated heterocycles. The number of hydrogen-bond acceptors (Lipinski definition) is 1. The van der Waals surface area contributed by atoms with E-state index < -0.39 is 0 Å². The zero-order chi connectivity index (χ0) is 15.5. The highest BCUT2D eigenvalue weighted by Gasteiger charge is 2.55. The Hall–Kier alpha value is -0.500. The molecule has 4 aliphatic rings. The van der Waals surface area contributed by atoms with Crippen molar-refractivity contribution < 1.29 is 4.79 Å². The van der Waals surface area contributed by atoms with Crippen LogP contribution >= 0.6 is 12.6 Å². The molecule has 22 heavy (non-hydrogen) atoms. The molecule has 0 spiro atoms. The molecular weight excluding hydrogens is 288 g/mol. The molecule has 2 fully saturated rings. The summed E-state index contributed by atoms with van der Waals surface area (Å²) < 4.78 is 0. The molecule has 1 nitrogen and oxygen atoms in total. The van der Waals surface area contributed by atoms with E-state index in [0.29, 0.717) is 10.8 Å². The van der Waals surface area contributed by atoms with Crippen LogP contribution < -0.4 is 0 Å². The van der Waals surface area contributed by atoms with Crippen molar-refractivity contribution in [2.45, 2.75) is 65.2 Å². The Morgan fingerprint density at radius 3 is 2.77 bits per heavy atom. The van der Waals surface area contributed by atoms with Crippen LogP contribution in [0.15, 0.2) is 23.3 Å². The lowest BCUT2D eigenvalue weighted by Gasteiger charge is -2.56. The Morgan fingerprint density at radius 2 is 2.00 bits per heavy atom. The number of hydrogen-bond donors (Lipinski definition) is 1. The Balaban J connectivity index is 1.70. The summed E-state index contributed by atoms with van der Waals surface area (Å²) in [5, 5.41) is -0.0305. The van der Waals surface area contributed by atoms with Crippen molar-refractivity contribution in [3.05, 3.63) is 23.3 Å². The van der Waals surface area contributed by atoms with Crippen LogP contribution in [0.1, 0.15) is 65.2 Å². The van der Waals surface area contributed by atoms with Gasteiger partial charge in [0.05, 0.1) is 0 Å². The summed E-state index contributed by atoms with van der Waals surface area (Å²) >= 11 is 4.04. The van der Waals surface area contributed by atoms with Gasteiger partial charge in [-0.15, -0.1) is 12.6 Å². The molecule has 0 heterocycles. The van der Waals surface area contributed by atoms with Gasteiger partial charge in [-0.05, 0) is 79.1 Å². The minimum absolute atomic E-state index is 0.0305. The van der Waals surface area contributed by atoms with Gasteiger partial charge in [0, 0.05) is 5.57 Å². The van der Waals surface area contributed by atoms with Crippen molar-refractivity contribution in [2.75, 3.05) is 0 Å². The molecule has 3 unspecified atom stereocenters. The SMILES string of the molecule is C[C@@]12CCCC1C1CC=C3C=C(C(=O)S)CC[C@]3(C)C1CC2. The highest BCUT2D eigenvalue weighted by atomic mass is 32.1. The maximum atomic E-state index is 11.6. The van der Waals surface area contributed by atoms with Gasteiger partial charge in [0.2, 0.25) is 5.12 Å². The predicted octanol–water partition coefficient (Wildman–Crippen LogP) is 5.33. The van der Waals surface area contributed by atoms with Crippen molar-refractivity contribution in [1.82, 2.24) is 0 Å². The van der Waals surface area contributed by atoms with Gasteiger partial charge in [-0.1, -0.05) is 32.4 Å². The van der Waals surface area contributed by atoms with Crippen LogP contribution in [-0.4, -0.2) is 5.12 Å². The molecule has 0 aromatic heterocycles. The molecule has 0 bridgehead atoms. The molecule has 4 rings (SSSR count). The molecule has 2 saturated carbocycles. The van der Waals surface area contributed by atoms with Crippen molar-refractivity contribution in [2.24, 2.45) is 28.6 Å². The van der Waals surface area contributed by atoms with Crippen LogP contribution in [0.4, 0.5) is 0 Å². The Labute approximate surface area is 140 Å². The van der Waals surface area contributed by atoms with Crippen LogP contribution in [0, 0.1) is 28.6 Å². The molecule has 0 N–H and O–H groups in total. The molecule has 0 aromatic rings. The van der Waals surface area contributed by atoms with Crippen LogP contribution in [-0.2, 0) is 4.79 Å². The summed E-state index contributed by atoms with van der Waals surface area (Å²) in [5.41, 5.74) is 3.30. The van der Waals surface area contributed by atoms with Gasteiger partial charge in [0.1, 0.15) is 0 Å². The monoisotopic (exact) mass is 316 g/mol. The molecule has 120 valence electrons. The highest BCUT2D eigenvalue weighted by Crippen LogP contribution is 2.64. The Morgan fingerprint density at radius 1 is 1.18 bits per heavy atom. The van der Waals surface area contributed by atoms with Gasteiger partial charge >= 0.3 is 0 Å². The fourth-order valence-corrected chi connectivity index (χ4v) is 6.66. The maximum Gasteiger partial charge on any atom is 0.212 e. The first kappa shape index (κ1) is 15.1. The standard InChI is InChI=1S/C20H28OS/c1-19-9-3-4-16(19)15-6-5-14-12-13(18(21)22)7-11-20(14,2)17(15)8-10-19/h5,12,15-17H,3-4,6-11H2,1-2H3,(H,21,22)/t15?,16?,17?,19-,20-/m0/s1. The lowest BCUT2D eigenvalue weighted by molar-refractivity contribution is -0.108. The van der Waals surface area contributed by atoms with E-state index in [4.69, 9.17) is 0 Å². The average molecular weight is 317 g/mol. The van der Waals surface area contributed by atoms with E-state index in [0.717, 1.165) is 36.2 Å². The quantitative estimate of drug-likeness (QED) is 0.647. The summed E-state index contributed by atoms with van der Waals surface area (Å²) in [7, 11) is 0. The molecule has 0 radical (unpaired) electrons. The van der Waals surface area contributed by atoms with E-state index in [9.17, 15) is 4.79 Å². The van der Waals surface area contributed by atoms with Crippen molar-refractivity contribution in [3.8, 4) is 0 Å². The minimum Gasteiger partial charge on any atom is -0.282 e. The zero-order valence-electron chi connectivity index (χ0n) is 13.9. The average Bonchev–Trinajstić information content (AvgIpc) is 2.88. The van der Waals surface area contributed by atoms with E-state index >= 15 is 0 Å². The summed E-state index contributed by atoms with van der Waals surface area (Å²) in [5.74, 6) is 2.66. The number of allylic oxidation sites excluding steroid dienone is 3. The molecule has 0 aromatic carbocycles. The number of thiol groups is 1. The lowest BCUT2D eigenvalue weighted by Crippen LogP contribution is -2.48. The van der Waals surface area contributed by atoms with E-state index in [1.165, 1.54) is 44.1 Å². The number of carbonyl (C=O) groups excluding carboxylic acids is 1. The molecule has 0 amide bonds. The second-order valence-electron chi connectivity index (χ2n) is 8.75. The van der Waals surface area contributed by atoms with Crippen molar-refractivity contribution in [1.29, 1.82) is 0 Å². The van der Waals surface area contributed by atoms with E-state index in [1.807, 2.05) is 0 Å². The Kier molecular flexibility index (Phi) is 3.42. The number of rotatable bonds is 1. The first-order chi connectivity index (χ1) is 10.4. The molecular formula is C20H28OS. The van der Waals surface area contributed by atoms with Gasteiger partial charge < -0.3 is 0 Å². The van der Waals surface area contributed by atoms with Gasteiger partial charge in [-0.25, -0.2) is 0 Å². The summed E-state index contributed by atoms with van der Waals surface area (Å²) in [6.07, 6.45) is 15.1. The van der Waals surface area contributed by atoms with Gasteiger partial charge in [-0.3, -0.25) is 4.79 Å². The largest absolute Gasteiger partial charge is 0.282 e. The minimum atomic E-state index is -0.0305. The fraction of sp³-hybridized carbons (Fsp3) is 0.750. The van der Waals surface area contributed by atoms with Crippen LogP contribution in [0.25, 0.3) is 0 Å². The number of fused-ring (bicyclic) bond motifs is 5. The van der Waals surface area contributed by atoms with E-state index in [2.05, 4.69) is 38.6 Å². The van der Waals surface area contributed by atoms with E-state index in [1.54, 1.807) is 0 Å². The van der Waals surface area contributed by atoms with Gasteiger partial charge in [0.25, 0.3) is 0 Å². The highest BCUT2D eigenvalue weighted by molar-refractivity contribution is 7.97. The molecule has 0 aliphatic heterocycles. The summed E-state index contributed by atoms with van der Waals surface area (Å²) in [6.45, 7) is 5.03. The van der Waals surface area contributed by atoms with Crippen LogP contribution in [0.3, 0.4) is 0 Å². The summed E-state index contributed by atoms with van der Waals surface area (Å²) in [4.78, 5) is 11.6. The fourth-order valence-electron chi connectivity index (χ4n) is 6.49. The van der Waals surface area contributed by atoms with Gasteiger partial charge in [-0.2, -0.15) is 0 Å². The normalized spacial score (nSPS) is 47.0. The molecule has 4 aliphatic carbocycles. The van der Waals surface area contributed by atoms with Crippen LogP contribution in [0.2, 0.25) is 0 Å². The Bertz CT molecular complexity index is 574. The third-order valence-corrected chi connectivity index (χ3v) is 8.11. The lowest BCUT2D eigenvalue weighted by atomic mass is 9.48. The van der Waals surface area contributed by atoms with E-state index in [-0.39, 0.29) is 5.12 Å². The van der Waals surface area contributed by atoms with Crippen molar-refractivity contribution >= 4 is 17.7 Å². The topological polar surface area (TPSA) is 17.1 Å². The first-order valence-electron chi connectivity index (χ1n) is 9.08. The third kappa shape index (κ3) is 2.02. The van der Waals surface area contributed by atoms with Crippen molar-refractivity contribution in [3.63, 3.8) is 0 Å². The van der Waals surface area contributed by atoms with Crippen LogP contribution in [0.5, 0.6) is 0 Å². The first-order valence-corrected chi connectivity index (χ1v) is 9.53. The zero-order valence-corrected chi connectivity index (χ0v) is 14.8. The van der Waals surface area contributed by atoms with Gasteiger partial charge in [0.15, 0.2) is 0 Å². The predicted molar refractivity (Wildman–Crippen MR) is 93.8 cm³/mol. The third-order valence-electron chi connectivity index (χ3n) is 7.82.